The van der Waals surface area contributed by atoms with Gasteiger partial charge in [0.05, 0.1) is 7.11 Å². The molecule has 142 valence electrons. The van der Waals surface area contributed by atoms with E-state index in [4.69, 9.17) is 4.74 Å². The van der Waals surface area contributed by atoms with E-state index in [0.717, 1.165) is 11.1 Å². The van der Waals surface area contributed by atoms with Gasteiger partial charge in [-0.3, -0.25) is 9.59 Å². The number of nitrogens with zero attached hydrogens (tertiary/aromatic N) is 1. The maximum atomic E-state index is 12.4. The molecule has 0 aliphatic carbocycles. The molecule has 28 heavy (non-hydrogen) atoms. The van der Waals surface area contributed by atoms with Gasteiger partial charge in [0.15, 0.2) is 0 Å². The molecule has 0 aliphatic rings. The van der Waals surface area contributed by atoms with E-state index in [-0.39, 0.29) is 23.2 Å². The molecule has 0 bridgehead atoms. The molecule has 0 spiro atoms. The monoisotopic (exact) mass is 375 g/mol. The number of aromatic nitrogens is 1. The Morgan fingerprint density at radius 3 is 2.07 bits per heavy atom. The maximum absolute atomic E-state index is 12.4. The van der Waals surface area contributed by atoms with Crippen molar-refractivity contribution in [3.63, 3.8) is 0 Å². The molecule has 0 unspecified atom stereocenters. The molecule has 2 N–H and O–H groups in total. The van der Waals surface area contributed by atoms with Gasteiger partial charge < -0.3 is 15.4 Å². The summed E-state index contributed by atoms with van der Waals surface area (Å²) in [4.78, 5) is 28.9. The first-order valence-electron chi connectivity index (χ1n) is 8.86. The third kappa shape index (κ3) is 4.94. The number of methoxy groups -OCH3 is 1. The predicted molar refractivity (Wildman–Crippen MR) is 106 cm³/mol. The van der Waals surface area contributed by atoms with E-state index >= 15 is 0 Å². The summed E-state index contributed by atoms with van der Waals surface area (Å²) in [5.74, 6) is 0.0108. The zero-order chi connectivity index (χ0) is 19.8. The molecule has 1 aromatic heterocycles. The van der Waals surface area contributed by atoms with Gasteiger partial charge in [0.1, 0.15) is 17.1 Å². The Balaban J connectivity index is 1.61. The molecule has 6 nitrogen and oxygen atoms in total. The van der Waals surface area contributed by atoms with Crippen LogP contribution in [-0.2, 0) is 13.1 Å². The Labute approximate surface area is 163 Å². The lowest BCUT2D eigenvalue weighted by molar-refractivity contribution is 0.0941. The van der Waals surface area contributed by atoms with Gasteiger partial charge in [0.25, 0.3) is 11.8 Å². The van der Waals surface area contributed by atoms with Crippen molar-refractivity contribution >= 4 is 11.8 Å². The zero-order valence-electron chi connectivity index (χ0n) is 15.5. The molecule has 2 aromatic carbocycles. The fourth-order valence-electron chi connectivity index (χ4n) is 2.67. The lowest BCUT2D eigenvalue weighted by Crippen LogP contribution is -2.27. The maximum Gasteiger partial charge on any atom is 0.270 e. The second-order valence-electron chi connectivity index (χ2n) is 6.07. The van der Waals surface area contributed by atoms with E-state index in [2.05, 4.69) is 15.6 Å². The number of hydrogen-bond acceptors (Lipinski definition) is 4. The highest BCUT2D eigenvalue weighted by Crippen LogP contribution is 2.16. The summed E-state index contributed by atoms with van der Waals surface area (Å²) < 4.78 is 5.28. The highest BCUT2D eigenvalue weighted by molar-refractivity contribution is 5.96. The molecule has 1 heterocycles. The normalized spacial score (nSPS) is 10.2. The largest absolute Gasteiger partial charge is 0.496 e. The number of amides is 2. The van der Waals surface area contributed by atoms with Gasteiger partial charge >= 0.3 is 0 Å². The SMILES string of the molecule is COc1ccccc1CNC(=O)c1cccc(C(=O)NCc2ccccc2)n1. The number of rotatable bonds is 7. The minimum atomic E-state index is -0.358. The lowest BCUT2D eigenvalue weighted by Gasteiger charge is -2.10. The Bertz CT molecular complexity index is 958. The van der Waals surface area contributed by atoms with Gasteiger partial charge in [0, 0.05) is 18.7 Å². The highest BCUT2D eigenvalue weighted by Gasteiger charge is 2.13. The van der Waals surface area contributed by atoms with Gasteiger partial charge in [-0.25, -0.2) is 4.98 Å². The van der Waals surface area contributed by atoms with E-state index in [1.807, 2.05) is 54.6 Å². The number of benzene rings is 2. The number of ether oxygens (including phenoxy) is 1. The highest BCUT2D eigenvalue weighted by atomic mass is 16.5. The molecule has 0 atom stereocenters. The van der Waals surface area contributed by atoms with Crippen molar-refractivity contribution in [1.29, 1.82) is 0 Å². The van der Waals surface area contributed by atoms with E-state index in [0.29, 0.717) is 18.8 Å². The molecule has 6 heteroatoms. The first kappa shape index (κ1) is 19.1. The van der Waals surface area contributed by atoms with Gasteiger partial charge in [-0.05, 0) is 23.8 Å². The zero-order valence-corrected chi connectivity index (χ0v) is 15.5. The van der Waals surface area contributed by atoms with Gasteiger partial charge in [-0.15, -0.1) is 0 Å². The second-order valence-corrected chi connectivity index (χ2v) is 6.07. The number of pyridine rings is 1. The topological polar surface area (TPSA) is 80.3 Å². The molecular weight excluding hydrogens is 354 g/mol. The van der Waals surface area contributed by atoms with E-state index < -0.39 is 0 Å². The number of carbonyl (C=O) groups excluding carboxylic acids is 2. The van der Waals surface area contributed by atoms with Crippen molar-refractivity contribution in [3.8, 4) is 5.75 Å². The molecule has 0 aliphatic heterocycles. The lowest BCUT2D eigenvalue weighted by atomic mass is 10.2. The van der Waals surface area contributed by atoms with Gasteiger partial charge in [0.2, 0.25) is 0 Å². The first-order chi connectivity index (χ1) is 13.7. The fraction of sp³-hybridized carbons (Fsp3) is 0.136. The average molecular weight is 375 g/mol. The number of hydrogen-bond donors (Lipinski definition) is 2. The molecule has 0 saturated heterocycles. The molecule has 3 aromatic rings. The summed E-state index contributed by atoms with van der Waals surface area (Å²) in [6.45, 7) is 0.695. The van der Waals surface area contributed by atoms with Crippen LogP contribution in [0.3, 0.4) is 0 Å². The summed E-state index contributed by atoms with van der Waals surface area (Å²) in [6, 6.07) is 21.8. The third-order valence-corrected chi connectivity index (χ3v) is 4.14. The van der Waals surface area contributed by atoms with Gasteiger partial charge in [-0.1, -0.05) is 54.6 Å². The Kier molecular flexibility index (Phi) is 6.36. The van der Waals surface area contributed by atoms with Crippen LogP contribution >= 0.6 is 0 Å². The molecule has 0 radical (unpaired) electrons. The number of carbonyl (C=O) groups is 2. The fourth-order valence-corrected chi connectivity index (χ4v) is 2.67. The van der Waals surface area contributed by atoms with Crippen LogP contribution in [0.4, 0.5) is 0 Å². The quantitative estimate of drug-likeness (QED) is 0.665. The van der Waals surface area contributed by atoms with E-state index in [1.54, 1.807) is 25.3 Å². The summed E-state index contributed by atoms with van der Waals surface area (Å²) in [6.07, 6.45) is 0. The van der Waals surface area contributed by atoms with Crippen LogP contribution in [0, 0.1) is 0 Å². The summed E-state index contributed by atoms with van der Waals surface area (Å²) in [5, 5.41) is 5.61. The van der Waals surface area contributed by atoms with Crippen molar-refractivity contribution in [2.45, 2.75) is 13.1 Å². The average Bonchev–Trinajstić information content (AvgIpc) is 2.76. The standard InChI is InChI=1S/C22H21N3O3/c1-28-20-13-6-5-10-17(20)15-24-22(27)19-12-7-11-18(25-19)21(26)23-14-16-8-3-2-4-9-16/h2-13H,14-15H2,1H3,(H,23,26)(H,24,27). The number of para-hydroxylation sites is 1. The smallest absolute Gasteiger partial charge is 0.270 e. The molecule has 2 amide bonds. The minimum Gasteiger partial charge on any atom is -0.496 e. The Morgan fingerprint density at radius 1 is 0.786 bits per heavy atom. The number of nitrogens with one attached hydrogen (secondary N) is 2. The molecular formula is C22H21N3O3. The second kappa shape index (κ2) is 9.32. The molecule has 0 fully saturated rings. The van der Waals surface area contributed by atoms with Crippen LogP contribution in [-0.4, -0.2) is 23.9 Å². The Hall–Kier alpha value is -3.67. The van der Waals surface area contributed by atoms with Crippen LogP contribution in [0.1, 0.15) is 32.1 Å². The third-order valence-electron chi connectivity index (χ3n) is 4.14. The van der Waals surface area contributed by atoms with Crippen LogP contribution in [0.2, 0.25) is 0 Å². The van der Waals surface area contributed by atoms with Crippen LogP contribution in [0.5, 0.6) is 5.75 Å². The van der Waals surface area contributed by atoms with Crippen molar-refractivity contribution in [2.75, 3.05) is 7.11 Å². The van der Waals surface area contributed by atoms with Gasteiger partial charge in [-0.2, -0.15) is 0 Å². The van der Waals surface area contributed by atoms with Crippen molar-refractivity contribution in [1.82, 2.24) is 15.6 Å². The minimum absolute atomic E-state index is 0.183. The summed E-state index contributed by atoms with van der Waals surface area (Å²) >= 11 is 0. The van der Waals surface area contributed by atoms with Crippen molar-refractivity contribution in [2.24, 2.45) is 0 Å². The summed E-state index contributed by atoms with van der Waals surface area (Å²) in [7, 11) is 1.58. The van der Waals surface area contributed by atoms with Crippen LogP contribution in [0.25, 0.3) is 0 Å². The predicted octanol–water partition coefficient (Wildman–Crippen LogP) is 2.95. The molecule has 3 rings (SSSR count). The van der Waals surface area contributed by atoms with E-state index in [1.165, 1.54) is 0 Å². The van der Waals surface area contributed by atoms with Crippen molar-refractivity contribution in [3.05, 3.63) is 95.3 Å². The molecule has 0 saturated carbocycles. The van der Waals surface area contributed by atoms with Crippen molar-refractivity contribution < 1.29 is 14.3 Å². The first-order valence-corrected chi connectivity index (χ1v) is 8.86. The van der Waals surface area contributed by atoms with Crippen LogP contribution < -0.4 is 15.4 Å². The Morgan fingerprint density at radius 2 is 1.39 bits per heavy atom. The van der Waals surface area contributed by atoms with Crippen LogP contribution in [0.15, 0.2) is 72.8 Å². The summed E-state index contributed by atoms with van der Waals surface area (Å²) in [5.41, 5.74) is 2.22. The van der Waals surface area contributed by atoms with E-state index in [9.17, 15) is 9.59 Å².